The lowest BCUT2D eigenvalue weighted by atomic mass is 10.1. The summed E-state index contributed by atoms with van der Waals surface area (Å²) in [6.07, 6.45) is 0. The van der Waals surface area contributed by atoms with E-state index in [1.54, 1.807) is 23.1 Å². The van der Waals surface area contributed by atoms with Crippen molar-refractivity contribution in [3.8, 4) is 5.69 Å². The lowest BCUT2D eigenvalue weighted by Gasteiger charge is -2.04. The zero-order chi connectivity index (χ0) is 15.5. The van der Waals surface area contributed by atoms with Crippen LogP contribution in [0.15, 0.2) is 52.9 Å². The fraction of sp³-hybridized carbons (Fsp3) is 0.176. The molecule has 2 nitrogen and oxygen atoms in total. The van der Waals surface area contributed by atoms with E-state index in [0.717, 1.165) is 19.7 Å². The number of hydrogen-bond acceptors (Lipinski definition) is 4. The van der Waals surface area contributed by atoms with Gasteiger partial charge >= 0.3 is 0 Å². The van der Waals surface area contributed by atoms with Crippen molar-refractivity contribution >= 4 is 35.3 Å². The fourth-order valence-electron chi connectivity index (χ4n) is 2.18. The van der Waals surface area contributed by atoms with Gasteiger partial charge in [-0.1, -0.05) is 65.6 Å². The van der Waals surface area contributed by atoms with Crippen molar-refractivity contribution in [3.05, 3.63) is 69.2 Å². The molecule has 0 unspecified atom stereocenters. The number of nitrogens with zero attached hydrogens (tertiary/aromatic N) is 2. The van der Waals surface area contributed by atoms with Crippen LogP contribution in [0, 0.1) is 17.8 Å². The van der Waals surface area contributed by atoms with E-state index in [-0.39, 0.29) is 0 Å². The molecule has 22 heavy (non-hydrogen) atoms. The topological polar surface area (TPSA) is 17.8 Å². The highest BCUT2D eigenvalue weighted by Gasteiger charge is 2.09. The number of para-hydroxylation sites is 1. The first kappa shape index (κ1) is 15.5. The number of thioether (sulfide) groups is 1. The zero-order valence-electron chi connectivity index (χ0n) is 12.4. The molecule has 112 valence electrons. The van der Waals surface area contributed by atoms with E-state index in [2.05, 4.69) is 55.3 Å². The number of rotatable bonds is 4. The van der Waals surface area contributed by atoms with E-state index in [4.69, 9.17) is 12.2 Å². The van der Waals surface area contributed by atoms with Crippen LogP contribution in [0.25, 0.3) is 5.69 Å². The molecule has 0 aliphatic heterocycles. The van der Waals surface area contributed by atoms with Crippen LogP contribution in [0.3, 0.4) is 0 Å². The molecule has 0 atom stereocenters. The van der Waals surface area contributed by atoms with Gasteiger partial charge in [0.2, 0.25) is 0 Å². The van der Waals surface area contributed by atoms with Gasteiger partial charge in [-0.3, -0.25) is 0 Å². The highest BCUT2D eigenvalue weighted by molar-refractivity contribution is 8.00. The van der Waals surface area contributed by atoms with E-state index in [1.807, 2.05) is 16.8 Å². The normalized spacial score (nSPS) is 10.8. The standard InChI is InChI=1S/C17H16N2S3/c1-12-7-3-5-9-14(12)11-21-16-18-19(17(20)22-16)15-10-6-4-8-13(15)2/h3-10H,11H2,1-2H3. The Bertz CT molecular complexity index is 849. The number of aromatic nitrogens is 2. The fourth-order valence-corrected chi connectivity index (χ4v) is 4.61. The predicted octanol–water partition coefficient (Wildman–Crippen LogP) is 5.57. The quantitative estimate of drug-likeness (QED) is 0.455. The van der Waals surface area contributed by atoms with Crippen molar-refractivity contribution in [1.29, 1.82) is 0 Å². The molecule has 0 radical (unpaired) electrons. The van der Waals surface area contributed by atoms with Gasteiger partial charge in [-0.2, -0.15) is 0 Å². The molecule has 0 spiro atoms. The van der Waals surface area contributed by atoms with Gasteiger partial charge in [-0.25, -0.2) is 4.68 Å². The van der Waals surface area contributed by atoms with Crippen molar-refractivity contribution in [3.63, 3.8) is 0 Å². The number of hydrogen-bond donors (Lipinski definition) is 0. The summed E-state index contributed by atoms with van der Waals surface area (Å²) in [5.74, 6) is 0.919. The molecule has 0 saturated carbocycles. The van der Waals surface area contributed by atoms with Crippen LogP contribution in [0.4, 0.5) is 0 Å². The number of benzene rings is 2. The largest absolute Gasteiger partial charge is 0.211 e. The lowest BCUT2D eigenvalue weighted by Crippen LogP contribution is -1.98. The van der Waals surface area contributed by atoms with E-state index in [1.165, 1.54) is 16.7 Å². The molecule has 0 amide bonds. The molecule has 3 rings (SSSR count). The molecule has 1 heterocycles. The second-order valence-electron chi connectivity index (χ2n) is 5.05. The first-order valence-electron chi connectivity index (χ1n) is 6.98. The summed E-state index contributed by atoms with van der Waals surface area (Å²) in [6.45, 7) is 4.22. The Morgan fingerprint density at radius 2 is 1.73 bits per heavy atom. The van der Waals surface area contributed by atoms with Gasteiger partial charge < -0.3 is 0 Å². The maximum atomic E-state index is 5.48. The van der Waals surface area contributed by atoms with E-state index in [0.29, 0.717) is 0 Å². The van der Waals surface area contributed by atoms with Crippen LogP contribution in [-0.2, 0) is 5.75 Å². The molecule has 0 bridgehead atoms. The SMILES string of the molecule is Cc1ccccc1CSc1nn(-c2ccccc2C)c(=S)s1. The van der Waals surface area contributed by atoms with Crippen molar-refractivity contribution in [1.82, 2.24) is 9.78 Å². The molecular weight excluding hydrogens is 328 g/mol. The second kappa shape index (κ2) is 6.77. The third-order valence-electron chi connectivity index (χ3n) is 3.49. The maximum Gasteiger partial charge on any atom is 0.184 e. The summed E-state index contributed by atoms with van der Waals surface area (Å²) in [5.41, 5.74) is 4.90. The third-order valence-corrected chi connectivity index (χ3v) is 5.90. The van der Waals surface area contributed by atoms with Crippen molar-refractivity contribution < 1.29 is 0 Å². The van der Waals surface area contributed by atoms with Gasteiger partial charge in [0.15, 0.2) is 8.29 Å². The number of aryl methyl sites for hydroxylation is 2. The van der Waals surface area contributed by atoms with Crippen LogP contribution in [0.5, 0.6) is 0 Å². The van der Waals surface area contributed by atoms with Gasteiger partial charge in [0.1, 0.15) is 0 Å². The summed E-state index contributed by atoms with van der Waals surface area (Å²) in [7, 11) is 0. The van der Waals surface area contributed by atoms with Gasteiger partial charge in [0.25, 0.3) is 0 Å². The third kappa shape index (κ3) is 3.32. The first-order valence-corrected chi connectivity index (χ1v) is 9.19. The first-order chi connectivity index (χ1) is 10.6. The lowest BCUT2D eigenvalue weighted by molar-refractivity contribution is 0.823. The van der Waals surface area contributed by atoms with Crippen molar-refractivity contribution in [2.45, 2.75) is 23.9 Å². The Kier molecular flexibility index (Phi) is 4.76. The maximum absolute atomic E-state index is 5.48. The summed E-state index contributed by atoms with van der Waals surface area (Å²) in [6, 6.07) is 16.6. The molecular formula is C17H16N2S3. The summed E-state index contributed by atoms with van der Waals surface area (Å²) in [5, 5.41) is 4.68. The average molecular weight is 345 g/mol. The highest BCUT2D eigenvalue weighted by Crippen LogP contribution is 2.28. The molecule has 0 aliphatic carbocycles. The monoisotopic (exact) mass is 344 g/mol. The van der Waals surface area contributed by atoms with Crippen LogP contribution < -0.4 is 0 Å². The Morgan fingerprint density at radius 3 is 2.45 bits per heavy atom. The van der Waals surface area contributed by atoms with Crippen LogP contribution in [0.1, 0.15) is 16.7 Å². The van der Waals surface area contributed by atoms with Crippen molar-refractivity contribution in [2.24, 2.45) is 0 Å². The smallest absolute Gasteiger partial charge is 0.184 e. The van der Waals surface area contributed by atoms with Crippen LogP contribution in [-0.4, -0.2) is 9.78 Å². The minimum absolute atomic E-state index is 0.793. The summed E-state index contributed by atoms with van der Waals surface area (Å²) < 4.78 is 3.67. The molecule has 2 aromatic carbocycles. The molecule has 5 heteroatoms. The molecule has 0 N–H and O–H groups in total. The average Bonchev–Trinajstić information content (AvgIpc) is 2.88. The summed E-state index contributed by atoms with van der Waals surface area (Å²) >= 11 is 8.79. The molecule has 1 aromatic heterocycles. The molecule has 3 aromatic rings. The predicted molar refractivity (Wildman–Crippen MR) is 97.8 cm³/mol. The molecule has 0 aliphatic rings. The van der Waals surface area contributed by atoms with Crippen LogP contribution >= 0.6 is 35.3 Å². The van der Waals surface area contributed by atoms with Gasteiger partial charge in [0.05, 0.1) is 5.69 Å². The zero-order valence-corrected chi connectivity index (χ0v) is 14.9. The van der Waals surface area contributed by atoms with Gasteiger partial charge in [-0.15, -0.1) is 5.10 Å². The second-order valence-corrected chi connectivity index (χ2v) is 7.89. The Hall–Kier alpha value is -1.43. The van der Waals surface area contributed by atoms with Gasteiger partial charge in [-0.05, 0) is 48.8 Å². The van der Waals surface area contributed by atoms with E-state index in [9.17, 15) is 0 Å². The van der Waals surface area contributed by atoms with Gasteiger partial charge in [0, 0.05) is 5.75 Å². The Morgan fingerprint density at radius 1 is 1.05 bits per heavy atom. The minimum Gasteiger partial charge on any atom is -0.211 e. The van der Waals surface area contributed by atoms with E-state index >= 15 is 0 Å². The van der Waals surface area contributed by atoms with Crippen LogP contribution in [0.2, 0.25) is 0 Å². The molecule has 0 fully saturated rings. The Balaban J connectivity index is 1.83. The van der Waals surface area contributed by atoms with E-state index < -0.39 is 0 Å². The Labute approximate surface area is 143 Å². The molecule has 0 saturated heterocycles. The minimum atomic E-state index is 0.793. The highest BCUT2D eigenvalue weighted by atomic mass is 32.2. The van der Waals surface area contributed by atoms with Crippen molar-refractivity contribution in [2.75, 3.05) is 0 Å². The summed E-state index contributed by atoms with van der Waals surface area (Å²) in [4.78, 5) is 0.